The van der Waals surface area contributed by atoms with Gasteiger partial charge in [0.15, 0.2) is 0 Å². The molecule has 0 aromatic rings. The van der Waals surface area contributed by atoms with Crippen LogP contribution in [0, 0.1) is 0 Å². The van der Waals surface area contributed by atoms with Crippen molar-refractivity contribution in [3.8, 4) is 0 Å². The number of unbranched alkanes of at least 4 members (excludes halogenated alkanes) is 8. The van der Waals surface area contributed by atoms with Gasteiger partial charge in [0.05, 0.1) is 0 Å². The monoisotopic (exact) mass is 267 g/mol. The summed E-state index contributed by atoms with van der Waals surface area (Å²) < 4.78 is 0. The van der Waals surface area contributed by atoms with Crippen LogP contribution in [0.15, 0.2) is 12.2 Å². The Morgan fingerprint density at radius 3 is 2.00 bits per heavy atom. The van der Waals surface area contributed by atoms with Crippen LogP contribution in [-0.2, 0) is 4.79 Å². The molecule has 0 aliphatic carbocycles. The zero-order chi connectivity index (χ0) is 14.6. The molecule has 0 saturated heterocycles. The third-order valence-electron chi connectivity index (χ3n) is 2.99. The van der Waals surface area contributed by atoms with Gasteiger partial charge >= 0.3 is 0 Å². The lowest BCUT2D eigenvalue weighted by molar-refractivity contribution is -0.117. The average Bonchev–Trinajstić information content (AvgIpc) is 2.29. The summed E-state index contributed by atoms with van der Waals surface area (Å²) in [5.41, 5.74) is -0.139. The number of nitrogens with one attached hydrogen (secondary N) is 1. The lowest BCUT2D eigenvalue weighted by Gasteiger charge is -2.18. The standard InChI is InChI=1S/C17H33NO/c1-5-6-7-8-9-10-11-12-13-14-15-16(19)18-17(2,3)4/h14-15H,5-13H2,1-4H3,(H,18,19)/b15-14-. The fraction of sp³-hybridized carbons (Fsp3) is 0.824. The zero-order valence-corrected chi connectivity index (χ0v) is 13.4. The first-order valence-corrected chi connectivity index (χ1v) is 7.94. The van der Waals surface area contributed by atoms with E-state index in [0.717, 1.165) is 6.42 Å². The molecular weight excluding hydrogens is 234 g/mol. The van der Waals surface area contributed by atoms with E-state index < -0.39 is 0 Å². The predicted octanol–water partition coefficient (Wildman–Crippen LogP) is 4.99. The summed E-state index contributed by atoms with van der Waals surface area (Å²) in [6.07, 6.45) is 15.4. The van der Waals surface area contributed by atoms with Gasteiger partial charge in [0, 0.05) is 5.54 Å². The summed E-state index contributed by atoms with van der Waals surface area (Å²) in [6, 6.07) is 0. The van der Waals surface area contributed by atoms with Gasteiger partial charge < -0.3 is 5.32 Å². The molecule has 0 saturated carbocycles. The summed E-state index contributed by atoms with van der Waals surface area (Å²) in [5, 5.41) is 2.92. The van der Waals surface area contributed by atoms with E-state index in [1.807, 2.05) is 26.8 Å². The first-order chi connectivity index (χ1) is 8.95. The Morgan fingerprint density at radius 1 is 0.947 bits per heavy atom. The minimum atomic E-state index is -0.139. The van der Waals surface area contributed by atoms with Crippen molar-refractivity contribution in [3.05, 3.63) is 12.2 Å². The number of amides is 1. The molecule has 2 nitrogen and oxygen atoms in total. The van der Waals surface area contributed by atoms with Crippen LogP contribution < -0.4 is 5.32 Å². The topological polar surface area (TPSA) is 29.1 Å². The van der Waals surface area contributed by atoms with Crippen LogP contribution in [0.5, 0.6) is 0 Å². The minimum Gasteiger partial charge on any atom is -0.348 e. The number of hydrogen-bond acceptors (Lipinski definition) is 1. The molecule has 0 aliphatic rings. The molecule has 0 aliphatic heterocycles. The number of rotatable bonds is 10. The SMILES string of the molecule is CCCCCCCCCC/C=C\C(=O)NC(C)(C)C. The van der Waals surface area contributed by atoms with Gasteiger partial charge in [-0.1, -0.05) is 57.9 Å². The number of carbonyl (C=O) groups excluding carboxylic acids is 1. The normalized spacial score (nSPS) is 12.0. The predicted molar refractivity (Wildman–Crippen MR) is 84.3 cm³/mol. The van der Waals surface area contributed by atoms with E-state index in [-0.39, 0.29) is 11.4 Å². The van der Waals surface area contributed by atoms with Crippen LogP contribution in [0.3, 0.4) is 0 Å². The van der Waals surface area contributed by atoms with Crippen molar-refractivity contribution >= 4 is 5.91 Å². The van der Waals surface area contributed by atoms with Gasteiger partial charge in [-0.25, -0.2) is 0 Å². The lowest BCUT2D eigenvalue weighted by atomic mass is 10.1. The molecule has 0 heterocycles. The Morgan fingerprint density at radius 2 is 1.47 bits per heavy atom. The Labute approximate surface area is 120 Å². The average molecular weight is 267 g/mol. The molecular formula is C17H33NO. The molecule has 0 spiro atoms. The van der Waals surface area contributed by atoms with E-state index in [9.17, 15) is 4.79 Å². The van der Waals surface area contributed by atoms with Gasteiger partial charge in [0.25, 0.3) is 0 Å². The molecule has 0 aromatic carbocycles. The third-order valence-corrected chi connectivity index (χ3v) is 2.99. The van der Waals surface area contributed by atoms with Gasteiger partial charge in [-0.3, -0.25) is 4.79 Å². The second-order valence-corrected chi connectivity index (χ2v) is 6.41. The third kappa shape index (κ3) is 15.2. The van der Waals surface area contributed by atoms with Crippen molar-refractivity contribution in [3.63, 3.8) is 0 Å². The molecule has 0 atom stereocenters. The van der Waals surface area contributed by atoms with Gasteiger partial charge in [-0.2, -0.15) is 0 Å². The van der Waals surface area contributed by atoms with Gasteiger partial charge in [-0.15, -0.1) is 0 Å². The minimum absolute atomic E-state index is 0.0204. The van der Waals surface area contributed by atoms with Crippen molar-refractivity contribution in [1.29, 1.82) is 0 Å². The molecule has 2 heteroatoms. The quantitative estimate of drug-likeness (QED) is 0.438. The van der Waals surface area contributed by atoms with Crippen molar-refractivity contribution < 1.29 is 4.79 Å². The maximum atomic E-state index is 11.5. The fourth-order valence-electron chi connectivity index (χ4n) is 2.00. The van der Waals surface area contributed by atoms with E-state index in [2.05, 4.69) is 12.2 Å². The Hall–Kier alpha value is -0.790. The molecule has 0 unspecified atom stereocenters. The molecule has 0 aromatic heterocycles. The van der Waals surface area contributed by atoms with Crippen molar-refractivity contribution in [2.24, 2.45) is 0 Å². The first kappa shape index (κ1) is 18.2. The zero-order valence-electron chi connectivity index (χ0n) is 13.4. The van der Waals surface area contributed by atoms with E-state index >= 15 is 0 Å². The van der Waals surface area contributed by atoms with E-state index in [0.29, 0.717) is 0 Å². The molecule has 0 bridgehead atoms. The van der Waals surface area contributed by atoms with Crippen LogP contribution >= 0.6 is 0 Å². The summed E-state index contributed by atoms with van der Waals surface area (Å²) in [4.78, 5) is 11.5. The van der Waals surface area contributed by atoms with E-state index in [4.69, 9.17) is 0 Å². The van der Waals surface area contributed by atoms with Crippen LogP contribution in [-0.4, -0.2) is 11.4 Å². The van der Waals surface area contributed by atoms with Crippen LogP contribution in [0.4, 0.5) is 0 Å². The van der Waals surface area contributed by atoms with Crippen LogP contribution in [0.25, 0.3) is 0 Å². The van der Waals surface area contributed by atoms with Crippen molar-refractivity contribution in [1.82, 2.24) is 5.32 Å². The second kappa shape index (κ2) is 11.1. The largest absolute Gasteiger partial charge is 0.348 e. The maximum Gasteiger partial charge on any atom is 0.244 e. The van der Waals surface area contributed by atoms with Crippen molar-refractivity contribution in [2.75, 3.05) is 0 Å². The maximum absolute atomic E-state index is 11.5. The molecule has 0 fully saturated rings. The van der Waals surface area contributed by atoms with Gasteiger partial charge in [-0.05, 0) is 39.7 Å². The van der Waals surface area contributed by atoms with Gasteiger partial charge in [0.1, 0.15) is 0 Å². The number of hydrogen-bond donors (Lipinski definition) is 1. The molecule has 0 radical (unpaired) electrons. The Bertz CT molecular complexity index is 250. The molecule has 0 rings (SSSR count). The number of carbonyl (C=O) groups is 1. The number of allylic oxidation sites excluding steroid dienone is 1. The van der Waals surface area contributed by atoms with Crippen molar-refractivity contribution in [2.45, 2.75) is 91.0 Å². The summed E-state index contributed by atoms with van der Waals surface area (Å²) in [5.74, 6) is 0.0204. The Balaban J connectivity index is 3.36. The highest BCUT2D eigenvalue weighted by molar-refractivity contribution is 5.87. The molecule has 19 heavy (non-hydrogen) atoms. The fourth-order valence-corrected chi connectivity index (χ4v) is 2.00. The first-order valence-electron chi connectivity index (χ1n) is 7.94. The van der Waals surface area contributed by atoms with E-state index in [1.165, 1.54) is 51.4 Å². The molecule has 1 amide bonds. The molecule has 1 N–H and O–H groups in total. The van der Waals surface area contributed by atoms with Crippen LogP contribution in [0.2, 0.25) is 0 Å². The van der Waals surface area contributed by atoms with E-state index in [1.54, 1.807) is 6.08 Å². The second-order valence-electron chi connectivity index (χ2n) is 6.41. The Kier molecular flexibility index (Phi) is 10.6. The smallest absolute Gasteiger partial charge is 0.244 e. The highest BCUT2D eigenvalue weighted by atomic mass is 16.1. The summed E-state index contributed by atoms with van der Waals surface area (Å²) in [7, 11) is 0. The highest BCUT2D eigenvalue weighted by Crippen LogP contribution is 2.09. The van der Waals surface area contributed by atoms with Crippen LogP contribution in [0.1, 0.15) is 85.5 Å². The summed E-state index contributed by atoms with van der Waals surface area (Å²) in [6.45, 7) is 8.24. The van der Waals surface area contributed by atoms with Gasteiger partial charge in [0.2, 0.25) is 5.91 Å². The lowest BCUT2D eigenvalue weighted by Crippen LogP contribution is -2.39. The molecule has 112 valence electrons. The summed E-state index contributed by atoms with van der Waals surface area (Å²) >= 11 is 0. The highest BCUT2D eigenvalue weighted by Gasteiger charge is 2.10.